The lowest BCUT2D eigenvalue weighted by Gasteiger charge is -2.30. The number of nitrogens with one attached hydrogen (secondary N) is 1. The number of H-pyrrole nitrogens is 1. The van der Waals surface area contributed by atoms with Crippen LogP contribution in [0.5, 0.6) is 0 Å². The van der Waals surface area contributed by atoms with Crippen LogP contribution in [0, 0.1) is 17.5 Å². The van der Waals surface area contributed by atoms with Crippen LogP contribution in [0.1, 0.15) is 38.9 Å². The van der Waals surface area contributed by atoms with Crippen LogP contribution < -0.4 is 5.73 Å². The zero-order valence-corrected chi connectivity index (χ0v) is 20.6. The average molecular weight is 505 g/mol. The van der Waals surface area contributed by atoms with Gasteiger partial charge in [-0.1, -0.05) is 0 Å². The summed E-state index contributed by atoms with van der Waals surface area (Å²) in [4.78, 5) is 21.9. The lowest BCUT2D eigenvalue weighted by Crippen LogP contribution is -2.39. The first-order chi connectivity index (χ1) is 17.3. The number of aryl methyl sites for hydroxylation is 2. The Bertz CT molecular complexity index is 1320. The quantitative estimate of drug-likeness (QED) is 0.223. The molecule has 4 aromatic rings. The third-order valence-corrected chi connectivity index (χ3v) is 6.39. The second kappa shape index (κ2) is 11.2. The molecule has 0 radical (unpaired) electrons. The minimum Gasteiger partial charge on any atom is -0.382 e. The van der Waals surface area contributed by atoms with Crippen molar-refractivity contribution < 1.29 is 17.9 Å². The Balaban J connectivity index is 1.29. The number of hydrogen-bond acceptors (Lipinski definition) is 7. The van der Waals surface area contributed by atoms with Gasteiger partial charge in [0.05, 0.1) is 17.9 Å². The van der Waals surface area contributed by atoms with Gasteiger partial charge in [0.1, 0.15) is 23.2 Å². The highest BCUT2D eigenvalue weighted by Crippen LogP contribution is 2.22. The van der Waals surface area contributed by atoms with E-state index < -0.39 is 17.5 Å². The summed E-state index contributed by atoms with van der Waals surface area (Å²) in [5, 5.41) is 0. The summed E-state index contributed by atoms with van der Waals surface area (Å²) in [7, 11) is 1.71. The van der Waals surface area contributed by atoms with Crippen LogP contribution >= 0.6 is 0 Å². The van der Waals surface area contributed by atoms with E-state index in [4.69, 9.17) is 10.5 Å². The number of halogens is 3. The fraction of sp³-hybridized carbons (Fsp3) is 0.500. The van der Waals surface area contributed by atoms with Gasteiger partial charge in [-0.15, -0.1) is 0 Å². The van der Waals surface area contributed by atoms with E-state index in [9.17, 15) is 13.2 Å². The van der Waals surface area contributed by atoms with Crippen molar-refractivity contribution in [3.63, 3.8) is 0 Å². The molecule has 0 amide bonds. The van der Waals surface area contributed by atoms with E-state index in [2.05, 4.69) is 43.7 Å². The van der Waals surface area contributed by atoms with Gasteiger partial charge >= 0.3 is 0 Å². The first-order valence-corrected chi connectivity index (χ1v) is 12.0. The third kappa shape index (κ3) is 5.59. The van der Waals surface area contributed by atoms with Crippen molar-refractivity contribution in [1.82, 2.24) is 34.4 Å². The molecule has 3 N–H and O–H groups in total. The molecule has 194 valence electrons. The molecule has 1 aromatic carbocycles. The normalized spacial score (nSPS) is 13.0. The fourth-order valence-corrected chi connectivity index (χ4v) is 4.29. The molecule has 4 rings (SSSR count). The van der Waals surface area contributed by atoms with Crippen LogP contribution in [0.15, 0.2) is 18.7 Å². The predicted octanol–water partition coefficient (Wildman–Crippen LogP) is 3.84. The number of nitrogen functional groups attached to an aromatic ring is 1. The topological polar surface area (TPSA) is 111 Å². The van der Waals surface area contributed by atoms with Gasteiger partial charge in [0.25, 0.3) is 0 Å². The number of aromatic nitrogens is 6. The molecule has 0 saturated carbocycles. The van der Waals surface area contributed by atoms with Crippen LogP contribution in [0.4, 0.5) is 19.0 Å². The van der Waals surface area contributed by atoms with Crippen molar-refractivity contribution in [2.45, 2.75) is 58.2 Å². The van der Waals surface area contributed by atoms with Gasteiger partial charge in [-0.05, 0) is 39.7 Å². The molecule has 0 fully saturated rings. The number of fused-ring (bicyclic) bond motifs is 2. The number of methoxy groups -OCH3 is 1. The van der Waals surface area contributed by atoms with Crippen LogP contribution in [0.25, 0.3) is 22.2 Å². The lowest BCUT2D eigenvalue weighted by atomic mass is 10.1. The molecule has 12 heteroatoms. The highest BCUT2D eigenvalue weighted by atomic mass is 19.2. The monoisotopic (exact) mass is 504 g/mol. The van der Waals surface area contributed by atoms with Crippen molar-refractivity contribution in [2.75, 3.05) is 25.9 Å². The smallest absolute Gasteiger partial charge is 0.196 e. The van der Waals surface area contributed by atoms with Gasteiger partial charge in [-0.25, -0.2) is 33.1 Å². The van der Waals surface area contributed by atoms with Crippen molar-refractivity contribution in [3.05, 3.63) is 42.0 Å². The first-order valence-electron chi connectivity index (χ1n) is 12.0. The summed E-state index contributed by atoms with van der Waals surface area (Å²) in [6, 6.07) is 1.25. The number of imidazole rings is 2. The average Bonchev–Trinajstić information content (AvgIpc) is 3.46. The van der Waals surface area contributed by atoms with E-state index in [-0.39, 0.29) is 17.1 Å². The SMILES string of the molecule is COC(CCn1cnc2c(N)ncnc21)CN(CCCCc1nc2c(F)c(F)c(F)cc2[nH]1)C(C)C. The summed E-state index contributed by atoms with van der Waals surface area (Å²) >= 11 is 0. The Hall–Kier alpha value is -3.25. The van der Waals surface area contributed by atoms with Crippen LogP contribution in [-0.2, 0) is 17.7 Å². The highest BCUT2D eigenvalue weighted by Gasteiger charge is 2.19. The molecule has 1 atom stereocenters. The maximum atomic E-state index is 13.9. The Labute approximate surface area is 206 Å². The number of rotatable bonds is 12. The second-order valence-electron chi connectivity index (χ2n) is 9.13. The molecule has 9 nitrogen and oxygen atoms in total. The Morgan fingerprint density at radius 2 is 1.92 bits per heavy atom. The van der Waals surface area contributed by atoms with Gasteiger partial charge in [-0.3, -0.25) is 4.90 Å². The Kier molecular flexibility index (Phi) is 8.04. The molecule has 0 bridgehead atoms. The number of hydrogen-bond donors (Lipinski definition) is 2. The van der Waals surface area contributed by atoms with Crippen molar-refractivity contribution in [3.8, 4) is 0 Å². The molecule has 3 heterocycles. The number of nitrogens with zero attached hydrogens (tertiary/aromatic N) is 6. The predicted molar refractivity (Wildman–Crippen MR) is 131 cm³/mol. The number of anilines is 1. The standard InChI is InChI=1S/C24H31F3N8O/c1-14(2)34(8-5-4-6-18-32-17-10-16(25)19(26)20(27)21(17)33-18)11-15(36-3)7-9-35-13-31-22-23(28)29-12-30-24(22)35/h10,12-15H,4-9,11H2,1-3H3,(H,32,33)(H2,28,29,30). The lowest BCUT2D eigenvalue weighted by molar-refractivity contribution is 0.0447. The molecule has 0 aliphatic rings. The molecular formula is C24H31F3N8O. The van der Waals surface area contributed by atoms with Gasteiger partial charge in [0.15, 0.2) is 28.9 Å². The first kappa shape index (κ1) is 25.8. The number of nitrogens with two attached hydrogens (primary N) is 1. The molecule has 0 aliphatic heterocycles. The van der Waals surface area contributed by atoms with Crippen molar-refractivity contribution in [2.24, 2.45) is 0 Å². The maximum absolute atomic E-state index is 13.9. The van der Waals surface area contributed by atoms with Crippen LogP contribution in [0.3, 0.4) is 0 Å². The van der Waals surface area contributed by atoms with Crippen molar-refractivity contribution >= 4 is 28.0 Å². The Morgan fingerprint density at radius 3 is 2.67 bits per heavy atom. The minimum absolute atomic E-state index is 0.00664. The third-order valence-electron chi connectivity index (χ3n) is 6.39. The molecule has 1 unspecified atom stereocenters. The van der Waals surface area contributed by atoms with Gasteiger partial charge in [-0.2, -0.15) is 0 Å². The number of benzene rings is 1. The molecule has 3 aromatic heterocycles. The number of aromatic amines is 1. The highest BCUT2D eigenvalue weighted by molar-refractivity contribution is 5.81. The summed E-state index contributed by atoms with van der Waals surface area (Å²) in [6.45, 7) is 6.56. The zero-order valence-electron chi connectivity index (χ0n) is 20.6. The second-order valence-corrected chi connectivity index (χ2v) is 9.13. The molecule has 0 aliphatic carbocycles. The largest absolute Gasteiger partial charge is 0.382 e. The van der Waals surface area contributed by atoms with Crippen LogP contribution in [0.2, 0.25) is 0 Å². The molecular weight excluding hydrogens is 473 g/mol. The summed E-state index contributed by atoms with van der Waals surface area (Å²) in [5.74, 6) is -3.12. The van der Waals surface area contributed by atoms with Gasteiger partial charge in [0.2, 0.25) is 0 Å². The number of ether oxygens (including phenoxy) is 1. The van der Waals surface area contributed by atoms with Crippen LogP contribution in [-0.4, -0.2) is 66.7 Å². The molecule has 36 heavy (non-hydrogen) atoms. The van der Waals surface area contributed by atoms with E-state index in [1.807, 2.05) is 4.57 Å². The Morgan fingerprint density at radius 1 is 1.11 bits per heavy atom. The zero-order chi connectivity index (χ0) is 25.8. The minimum atomic E-state index is -1.50. The van der Waals surface area contributed by atoms with E-state index in [1.165, 1.54) is 6.33 Å². The summed E-state index contributed by atoms with van der Waals surface area (Å²) in [6.07, 6.45) is 6.14. The van der Waals surface area contributed by atoms with E-state index in [0.29, 0.717) is 41.8 Å². The van der Waals surface area contributed by atoms with Crippen molar-refractivity contribution in [1.29, 1.82) is 0 Å². The van der Waals surface area contributed by atoms with E-state index in [1.54, 1.807) is 13.4 Å². The van der Waals surface area contributed by atoms with Gasteiger partial charge in [0, 0.05) is 38.7 Å². The summed E-state index contributed by atoms with van der Waals surface area (Å²) < 4.78 is 48.5. The number of unbranched alkanes of at least 4 members (excludes halogenated alkanes) is 1. The van der Waals surface area contributed by atoms with E-state index >= 15 is 0 Å². The van der Waals surface area contributed by atoms with Gasteiger partial charge < -0.3 is 20.0 Å². The molecule has 0 saturated heterocycles. The fourth-order valence-electron chi connectivity index (χ4n) is 4.29. The maximum Gasteiger partial charge on any atom is 0.196 e. The summed E-state index contributed by atoms with van der Waals surface area (Å²) in [5.41, 5.74) is 7.16. The molecule has 0 spiro atoms. The van der Waals surface area contributed by atoms with E-state index in [0.717, 1.165) is 38.4 Å².